The van der Waals surface area contributed by atoms with Crippen molar-refractivity contribution in [2.75, 3.05) is 13.1 Å². The molecule has 0 saturated carbocycles. The monoisotopic (exact) mass is 370 g/mol. The molecule has 2 aromatic heterocycles. The molecule has 136 valence electrons. The molecule has 1 amide bonds. The number of β-amino-alcohol motifs (C(OH)–C–C–N with tert-alkyl or cyclic N) is 1. The number of piperidine rings is 1. The summed E-state index contributed by atoms with van der Waals surface area (Å²) in [5.74, 6) is 0.197. The highest BCUT2D eigenvalue weighted by Crippen LogP contribution is 2.34. The second-order valence-corrected chi connectivity index (χ2v) is 7.77. The first-order chi connectivity index (χ1) is 12.6. The minimum atomic E-state index is -0.503. The lowest BCUT2D eigenvalue weighted by Crippen LogP contribution is -2.45. The van der Waals surface area contributed by atoms with Crippen LogP contribution in [-0.2, 0) is 11.3 Å². The maximum atomic E-state index is 12.6. The second-order valence-electron chi connectivity index (χ2n) is 6.82. The summed E-state index contributed by atoms with van der Waals surface area (Å²) < 4.78 is 1.77. The van der Waals surface area contributed by atoms with Crippen molar-refractivity contribution in [3.05, 3.63) is 46.2 Å². The van der Waals surface area contributed by atoms with Gasteiger partial charge in [-0.3, -0.25) is 4.79 Å². The molecule has 1 aliphatic heterocycles. The van der Waals surface area contributed by atoms with Crippen LogP contribution in [0.4, 0.5) is 0 Å². The molecule has 2 atom stereocenters. The fourth-order valence-electron chi connectivity index (χ4n) is 3.67. The molecular weight excluding hydrogens is 348 g/mol. The van der Waals surface area contributed by atoms with Crippen LogP contribution in [0.1, 0.15) is 29.2 Å². The van der Waals surface area contributed by atoms with Crippen molar-refractivity contribution in [2.45, 2.75) is 38.3 Å². The van der Waals surface area contributed by atoms with E-state index in [0.29, 0.717) is 26.1 Å². The first-order valence-electron chi connectivity index (χ1n) is 8.91. The number of para-hydroxylation sites is 1. The van der Waals surface area contributed by atoms with Crippen LogP contribution in [0.3, 0.4) is 0 Å². The molecule has 7 heteroatoms. The molecule has 1 aromatic carbocycles. The van der Waals surface area contributed by atoms with Crippen molar-refractivity contribution in [1.82, 2.24) is 19.9 Å². The second kappa shape index (κ2) is 7.17. The highest BCUT2D eigenvalue weighted by molar-refractivity contribution is 7.10. The third-order valence-corrected chi connectivity index (χ3v) is 6.28. The molecule has 1 N–H and O–H groups in total. The topological polar surface area (TPSA) is 71.2 Å². The van der Waals surface area contributed by atoms with Gasteiger partial charge in [0.1, 0.15) is 5.52 Å². The lowest BCUT2D eigenvalue weighted by Gasteiger charge is -2.36. The Bertz CT molecular complexity index is 919. The van der Waals surface area contributed by atoms with Crippen LogP contribution >= 0.6 is 11.3 Å². The van der Waals surface area contributed by atoms with Crippen LogP contribution in [0.5, 0.6) is 0 Å². The Hall–Kier alpha value is -2.25. The van der Waals surface area contributed by atoms with Crippen LogP contribution in [0, 0.1) is 6.92 Å². The Morgan fingerprint density at radius 1 is 1.35 bits per heavy atom. The Balaban J connectivity index is 1.37. The van der Waals surface area contributed by atoms with E-state index in [1.807, 2.05) is 24.3 Å². The van der Waals surface area contributed by atoms with E-state index < -0.39 is 6.10 Å². The predicted molar refractivity (Wildman–Crippen MR) is 101 cm³/mol. The molecule has 1 fully saturated rings. The van der Waals surface area contributed by atoms with Gasteiger partial charge < -0.3 is 10.0 Å². The Morgan fingerprint density at radius 3 is 2.96 bits per heavy atom. The van der Waals surface area contributed by atoms with Crippen molar-refractivity contribution in [2.24, 2.45) is 0 Å². The molecule has 0 unspecified atom stereocenters. The van der Waals surface area contributed by atoms with Gasteiger partial charge in [-0.25, -0.2) is 4.68 Å². The fourth-order valence-corrected chi connectivity index (χ4v) is 4.79. The fraction of sp³-hybridized carbons (Fsp3) is 0.421. The number of carbonyl (C=O) groups is 1. The average Bonchev–Trinajstić information content (AvgIpc) is 3.26. The number of thiophene rings is 1. The number of hydrogen-bond donors (Lipinski definition) is 1. The molecule has 26 heavy (non-hydrogen) atoms. The summed E-state index contributed by atoms with van der Waals surface area (Å²) in [5.41, 5.74) is 3.01. The van der Waals surface area contributed by atoms with E-state index in [4.69, 9.17) is 0 Å². The Kier molecular flexibility index (Phi) is 4.74. The van der Waals surface area contributed by atoms with Crippen molar-refractivity contribution in [3.63, 3.8) is 0 Å². The molecule has 1 aliphatic rings. The molecule has 3 aromatic rings. The van der Waals surface area contributed by atoms with E-state index in [9.17, 15) is 9.90 Å². The number of likely N-dealkylation sites (tertiary alicyclic amines) is 1. The van der Waals surface area contributed by atoms with E-state index in [1.54, 1.807) is 20.9 Å². The van der Waals surface area contributed by atoms with Gasteiger partial charge in [-0.15, -0.1) is 16.4 Å². The number of nitrogens with zero attached hydrogens (tertiary/aromatic N) is 4. The van der Waals surface area contributed by atoms with E-state index >= 15 is 0 Å². The lowest BCUT2D eigenvalue weighted by atomic mass is 9.90. The summed E-state index contributed by atoms with van der Waals surface area (Å²) >= 11 is 1.70. The molecule has 1 saturated heterocycles. The first-order valence-corrected chi connectivity index (χ1v) is 9.79. The van der Waals surface area contributed by atoms with Gasteiger partial charge in [0.05, 0.1) is 18.2 Å². The zero-order valence-electron chi connectivity index (χ0n) is 14.7. The number of aryl methyl sites for hydroxylation is 2. The third-order valence-electron chi connectivity index (χ3n) is 5.13. The number of aliphatic hydroxyl groups excluding tert-OH is 1. The molecule has 4 rings (SSSR count). The number of benzene rings is 1. The predicted octanol–water partition coefficient (Wildman–Crippen LogP) is 2.57. The highest BCUT2D eigenvalue weighted by Gasteiger charge is 2.32. The summed E-state index contributed by atoms with van der Waals surface area (Å²) in [4.78, 5) is 15.6. The van der Waals surface area contributed by atoms with Crippen molar-refractivity contribution in [3.8, 4) is 0 Å². The van der Waals surface area contributed by atoms with Crippen LogP contribution in [-0.4, -0.2) is 50.1 Å². The molecular formula is C19H22N4O2S. The minimum Gasteiger partial charge on any atom is -0.391 e. The quantitative estimate of drug-likeness (QED) is 0.766. The minimum absolute atomic E-state index is 0.0602. The third kappa shape index (κ3) is 3.24. The van der Waals surface area contributed by atoms with Gasteiger partial charge in [-0.1, -0.05) is 17.3 Å². The summed E-state index contributed by atoms with van der Waals surface area (Å²) in [6.45, 7) is 3.67. The summed E-state index contributed by atoms with van der Waals surface area (Å²) in [6, 6.07) is 9.82. The summed E-state index contributed by atoms with van der Waals surface area (Å²) in [6.07, 6.45) is 0.667. The van der Waals surface area contributed by atoms with Crippen LogP contribution in [0.2, 0.25) is 0 Å². The van der Waals surface area contributed by atoms with Gasteiger partial charge in [0.2, 0.25) is 5.91 Å². The zero-order valence-corrected chi connectivity index (χ0v) is 15.5. The number of rotatable bonds is 4. The smallest absolute Gasteiger partial charge is 0.224 e. The van der Waals surface area contributed by atoms with E-state index in [-0.39, 0.29) is 11.8 Å². The molecule has 0 aliphatic carbocycles. The molecule has 6 nitrogen and oxygen atoms in total. The lowest BCUT2D eigenvalue weighted by molar-refractivity contribution is -0.134. The van der Waals surface area contributed by atoms with Crippen molar-refractivity contribution < 1.29 is 9.90 Å². The number of aromatic nitrogens is 3. The normalized spacial score (nSPS) is 20.6. The van der Waals surface area contributed by atoms with Gasteiger partial charge in [0.25, 0.3) is 0 Å². The average molecular weight is 370 g/mol. The number of aliphatic hydroxyl groups is 1. The van der Waals surface area contributed by atoms with Crippen LogP contribution in [0.25, 0.3) is 11.0 Å². The van der Waals surface area contributed by atoms with Crippen molar-refractivity contribution >= 4 is 28.3 Å². The van der Waals surface area contributed by atoms with Crippen LogP contribution < -0.4 is 0 Å². The molecule has 0 spiro atoms. The van der Waals surface area contributed by atoms with E-state index in [2.05, 4.69) is 28.7 Å². The maximum Gasteiger partial charge on any atom is 0.224 e. The molecule has 3 heterocycles. The molecule has 0 bridgehead atoms. The van der Waals surface area contributed by atoms with E-state index in [1.165, 1.54) is 10.4 Å². The highest BCUT2D eigenvalue weighted by atomic mass is 32.1. The van der Waals surface area contributed by atoms with Crippen LogP contribution in [0.15, 0.2) is 35.7 Å². The SMILES string of the molecule is Cc1ccsc1[C@@H]1CCN(C(=O)CCn2nnc3ccccc32)C[C@H]1O. The number of fused-ring (bicyclic) bond motifs is 1. The summed E-state index contributed by atoms with van der Waals surface area (Å²) in [5, 5.41) is 20.9. The van der Waals surface area contributed by atoms with Crippen molar-refractivity contribution in [1.29, 1.82) is 0 Å². The van der Waals surface area contributed by atoms with E-state index in [0.717, 1.165) is 17.5 Å². The zero-order chi connectivity index (χ0) is 18.1. The van der Waals surface area contributed by atoms with Gasteiger partial charge in [0, 0.05) is 30.3 Å². The largest absolute Gasteiger partial charge is 0.391 e. The number of carbonyl (C=O) groups excluding carboxylic acids is 1. The van der Waals surface area contributed by atoms with Gasteiger partial charge >= 0.3 is 0 Å². The van der Waals surface area contributed by atoms with Gasteiger partial charge in [-0.05, 0) is 42.5 Å². The first kappa shape index (κ1) is 17.2. The van der Waals surface area contributed by atoms with Gasteiger partial charge in [-0.2, -0.15) is 0 Å². The molecule has 0 radical (unpaired) electrons. The number of amides is 1. The summed E-state index contributed by atoms with van der Waals surface area (Å²) in [7, 11) is 0. The maximum absolute atomic E-state index is 12.6. The van der Waals surface area contributed by atoms with Gasteiger partial charge in [0.15, 0.2) is 0 Å². The number of hydrogen-bond acceptors (Lipinski definition) is 5. The standard InChI is InChI=1S/C19H22N4O2S/c1-13-8-11-26-19(13)14-6-9-22(12-17(14)24)18(25)7-10-23-16-5-3-2-4-15(16)20-21-23/h2-5,8,11,14,17,24H,6-7,9-10,12H2,1H3/t14-,17-/m1/s1. The Morgan fingerprint density at radius 2 is 2.19 bits per heavy atom. The Labute approximate surface area is 156 Å².